The van der Waals surface area contributed by atoms with E-state index in [2.05, 4.69) is 10.3 Å². The lowest BCUT2D eigenvalue weighted by atomic mass is 10.2. The van der Waals surface area contributed by atoms with E-state index in [1.807, 2.05) is 37.3 Å². The molecule has 1 unspecified atom stereocenters. The number of hydrogen-bond donors (Lipinski definition) is 2. The lowest BCUT2D eigenvalue weighted by molar-refractivity contribution is 0.238. The fourth-order valence-electron chi connectivity index (χ4n) is 2.01. The average molecular weight is 260 g/mol. The van der Waals surface area contributed by atoms with Gasteiger partial charge >= 0.3 is 0 Å². The number of aliphatic hydroxyl groups is 1. The first kappa shape index (κ1) is 13.8. The maximum atomic E-state index is 9.16. The minimum absolute atomic E-state index is 0.121. The van der Waals surface area contributed by atoms with Gasteiger partial charge in [-0.2, -0.15) is 0 Å². The van der Waals surface area contributed by atoms with Crippen molar-refractivity contribution in [2.75, 3.05) is 13.7 Å². The van der Waals surface area contributed by atoms with Gasteiger partial charge in [-0.25, -0.2) is 4.98 Å². The van der Waals surface area contributed by atoms with Crippen LogP contribution in [0.2, 0.25) is 0 Å². The highest BCUT2D eigenvalue weighted by Crippen LogP contribution is 2.23. The molecule has 4 heteroatoms. The van der Waals surface area contributed by atoms with E-state index in [0.717, 1.165) is 28.8 Å². The predicted molar refractivity (Wildman–Crippen MR) is 76.3 cm³/mol. The first-order valence-electron chi connectivity index (χ1n) is 6.55. The third kappa shape index (κ3) is 3.22. The minimum Gasteiger partial charge on any atom is -0.494 e. The molecule has 2 rings (SSSR count). The van der Waals surface area contributed by atoms with Crippen LogP contribution in [-0.4, -0.2) is 29.8 Å². The van der Waals surface area contributed by atoms with Crippen molar-refractivity contribution < 1.29 is 9.84 Å². The number of nitrogens with one attached hydrogen (secondary N) is 1. The number of methoxy groups -OCH3 is 1. The number of fused-ring (bicyclic) bond motifs is 1. The highest BCUT2D eigenvalue weighted by Gasteiger charge is 2.06. The maximum absolute atomic E-state index is 9.16. The van der Waals surface area contributed by atoms with Gasteiger partial charge in [0, 0.05) is 18.0 Å². The molecule has 1 heterocycles. The second kappa shape index (κ2) is 6.50. The zero-order valence-corrected chi connectivity index (χ0v) is 11.4. The largest absolute Gasteiger partial charge is 0.494 e. The molecule has 1 aromatic carbocycles. The number of ether oxygens (including phenoxy) is 1. The molecule has 0 fully saturated rings. The summed E-state index contributed by atoms with van der Waals surface area (Å²) in [5.41, 5.74) is 1.82. The van der Waals surface area contributed by atoms with Gasteiger partial charge in [0.1, 0.15) is 11.3 Å². The molecule has 0 amide bonds. The number of aromatic nitrogens is 1. The summed E-state index contributed by atoms with van der Waals surface area (Å²) in [7, 11) is 1.65. The van der Waals surface area contributed by atoms with Crippen molar-refractivity contribution in [3.63, 3.8) is 0 Å². The van der Waals surface area contributed by atoms with E-state index in [9.17, 15) is 0 Å². The van der Waals surface area contributed by atoms with Crippen molar-refractivity contribution >= 4 is 10.9 Å². The molecule has 1 aromatic heterocycles. The molecule has 2 aromatic rings. The van der Waals surface area contributed by atoms with Crippen molar-refractivity contribution in [3.05, 3.63) is 36.0 Å². The Morgan fingerprint density at radius 2 is 2.16 bits per heavy atom. The van der Waals surface area contributed by atoms with Crippen molar-refractivity contribution in [1.82, 2.24) is 10.3 Å². The van der Waals surface area contributed by atoms with Crippen LogP contribution in [0.4, 0.5) is 0 Å². The molecule has 0 saturated carbocycles. The molecular weight excluding hydrogens is 240 g/mol. The number of para-hydroxylation sites is 1. The average Bonchev–Trinajstić information content (AvgIpc) is 2.47. The topological polar surface area (TPSA) is 54.4 Å². The molecule has 102 valence electrons. The first-order chi connectivity index (χ1) is 9.28. The Balaban J connectivity index is 2.21. The van der Waals surface area contributed by atoms with Gasteiger partial charge in [0.25, 0.3) is 0 Å². The fraction of sp³-hybridized carbons (Fsp3) is 0.400. The molecule has 0 bridgehead atoms. The molecule has 4 nitrogen and oxygen atoms in total. The van der Waals surface area contributed by atoms with Gasteiger partial charge in [0.2, 0.25) is 0 Å². The monoisotopic (exact) mass is 260 g/mol. The second-order valence-corrected chi connectivity index (χ2v) is 4.50. The Kier molecular flexibility index (Phi) is 4.71. The Morgan fingerprint density at radius 3 is 2.84 bits per heavy atom. The molecule has 2 N–H and O–H groups in total. The SMILES string of the molecule is CCC(CO)NCc1ccc2cccc(OC)c2n1. The van der Waals surface area contributed by atoms with Crippen LogP contribution >= 0.6 is 0 Å². The van der Waals surface area contributed by atoms with Crippen LogP contribution in [0.15, 0.2) is 30.3 Å². The summed E-state index contributed by atoms with van der Waals surface area (Å²) in [6.07, 6.45) is 0.896. The summed E-state index contributed by atoms with van der Waals surface area (Å²) in [4.78, 5) is 4.62. The zero-order chi connectivity index (χ0) is 13.7. The molecule has 0 radical (unpaired) electrons. The van der Waals surface area contributed by atoms with E-state index in [1.54, 1.807) is 7.11 Å². The molecular formula is C15H20N2O2. The highest BCUT2D eigenvalue weighted by molar-refractivity contribution is 5.84. The molecule has 1 atom stereocenters. The lowest BCUT2D eigenvalue weighted by Crippen LogP contribution is -2.31. The van der Waals surface area contributed by atoms with E-state index in [0.29, 0.717) is 6.54 Å². The van der Waals surface area contributed by atoms with Crippen molar-refractivity contribution in [2.24, 2.45) is 0 Å². The maximum Gasteiger partial charge on any atom is 0.145 e. The van der Waals surface area contributed by atoms with Gasteiger partial charge in [-0.15, -0.1) is 0 Å². The number of pyridine rings is 1. The first-order valence-corrected chi connectivity index (χ1v) is 6.55. The van der Waals surface area contributed by atoms with Crippen LogP contribution in [0.1, 0.15) is 19.0 Å². The summed E-state index contributed by atoms with van der Waals surface area (Å²) in [5.74, 6) is 0.786. The van der Waals surface area contributed by atoms with E-state index in [1.165, 1.54) is 0 Å². The van der Waals surface area contributed by atoms with Crippen LogP contribution in [0, 0.1) is 0 Å². The smallest absolute Gasteiger partial charge is 0.145 e. The molecule has 0 aliphatic rings. The van der Waals surface area contributed by atoms with Gasteiger partial charge in [-0.1, -0.05) is 25.1 Å². The standard InChI is InChI=1S/C15H20N2O2/c1-3-12(10-18)16-9-13-8-7-11-5-4-6-14(19-2)15(11)17-13/h4-8,12,16,18H,3,9-10H2,1-2H3. The number of hydrogen-bond acceptors (Lipinski definition) is 4. The fourth-order valence-corrected chi connectivity index (χ4v) is 2.01. The van der Waals surface area contributed by atoms with E-state index < -0.39 is 0 Å². The number of rotatable bonds is 6. The normalized spacial score (nSPS) is 12.6. The minimum atomic E-state index is 0.121. The third-order valence-electron chi connectivity index (χ3n) is 3.25. The molecule has 0 aliphatic carbocycles. The van der Waals surface area contributed by atoms with Gasteiger partial charge < -0.3 is 15.2 Å². The Labute approximate surface area is 113 Å². The summed E-state index contributed by atoms with van der Waals surface area (Å²) in [6, 6.07) is 10.1. The zero-order valence-electron chi connectivity index (χ0n) is 11.4. The lowest BCUT2D eigenvalue weighted by Gasteiger charge is -2.14. The Hall–Kier alpha value is -1.65. The summed E-state index contributed by atoms with van der Waals surface area (Å²) in [5, 5.41) is 13.5. The van der Waals surface area contributed by atoms with Crippen LogP contribution in [0.5, 0.6) is 5.75 Å². The van der Waals surface area contributed by atoms with Crippen LogP contribution in [0.25, 0.3) is 10.9 Å². The second-order valence-electron chi connectivity index (χ2n) is 4.50. The predicted octanol–water partition coefficient (Wildman–Crippen LogP) is 2.10. The number of aliphatic hydroxyl groups excluding tert-OH is 1. The van der Waals surface area contributed by atoms with Gasteiger partial charge in [0.15, 0.2) is 0 Å². The summed E-state index contributed by atoms with van der Waals surface area (Å²) < 4.78 is 5.33. The quantitative estimate of drug-likeness (QED) is 0.835. The Morgan fingerprint density at radius 1 is 1.32 bits per heavy atom. The van der Waals surface area contributed by atoms with Gasteiger partial charge in [-0.3, -0.25) is 0 Å². The molecule has 0 spiro atoms. The number of nitrogens with zero attached hydrogens (tertiary/aromatic N) is 1. The molecule has 0 aliphatic heterocycles. The molecule has 19 heavy (non-hydrogen) atoms. The highest BCUT2D eigenvalue weighted by atomic mass is 16.5. The van der Waals surface area contributed by atoms with Gasteiger partial charge in [0.05, 0.1) is 19.4 Å². The van der Waals surface area contributed by atoms with Crippen LogP contribution in [0.3, 0.4) is 0 Å². The van der Waals surface area contributed by atoms with E-state index in [-0.39, 0.29) is 12.6 Å². The summed E-state index contributed by atoms with van der Waals surface area (Å²) in [6.45, 7) is 2.84. The number of benzene rings is 1. The van der Waals surface area contributed by atoms with Crippen molar-refractivity contribution in [1.29, 1.82) is 0 Å². The van der Waals surface area contributed by atoms with E-state index in [4.69, 9.17) is 9.84 Å². The van der Waals surface area contributed by atoms with Crippen molar-refractivity contribution in [2.45, 2.75) is 25.9 Å². The third-order valence-corrected chi connectivity index (χ3v) is 3.25. The molecule has 0 saturated heterocycles. The van der Waals surface area contributed by atoms with Crippen LogP contribution in [-0.2, 0) is 6.54 Å². The summed E-state index contributed by atoms with van der Waals surface area (Å²) >= 11 is 0. The Bertz CT molecular complexity index is 539. The van der Waals surface area contributed by atoms with Crippen molar-refractivity contribution in [3.8, 4) is 5.75 Å². The van der Waals surface area contributed by atoms with Gasteiger partial charge in [-0.05, 0) is 18.6 Å². The van der Waals surface area contributed by atoms with Crippen LogP contribution < -0.4 is 10.1 Å². The van der Waals surface area contributed by atoms with E-state index >= 15 is 0 Å².